The monoisotopic (exact) mass is 410 g/mol. The zero-order valence-electron chi connectivity index (χ0n) is 15.1. The number of carbonyl (C=O) groups excluding carboxylic acids is 1. The van der Waals surface area contributed by atoms with Gasteiger partial charge in [0.15, 0.2) is 15.8 Å². The van der Waals surface area contributed by atoms with Crippen LogP contribution in [0.5, 0.6) is 11.5 Å². The summed E-state index contributed by atoms with van der Waals surface area (Å²) in [5.74, 6) is 1.20. The molecule has 0 spiro atoms. The third-order valence-corrected chi connectivity index (χ3v) is 6.37. The van der Waals surface area contributed by atoms with Crippen LogP contribution in [0.4, 0.5) is 11.4 Å². The van der Waals surface area contributed by atoms with Crippen molar-refractivity contribution in [2.75, 3.05) is 29.7 Å². The van der Waals surface area contributed by atoms with Crippen molar-refractivity contribution in [2.24, 2.45) is 0 Å². The van der Waals surface area contributed by atoms with E-state index in [0.717, 1.165) is 18.7 Å². The van der Waals surface area contributed by atoms with Gasteiger partial charge < -0.3 is 14.4 Å². The molecule has 0 unspecified atom stereocenters. The summed E-state index contributed by atoms with van der Waals surface area (Å²) in [7, 11) is 0. The van der Waals surface area contributed by atoms with Gasteiger partial charge in [-0.3, -0.25) is 9.69 Å². The predicted molar refractivity (Wildman–Crippen MR) is 116 cm³/mol. The van der Waals surface area contributed by atoms with Crippen molar-refractivity contribution in [3.63, 3.8) is 0 Å². The second kappa shape index (κ2) is 7.14. The molecular weight excluding hydrogens is 392 g/mol. The highest BCUT2D eigenvalue weighted by molar-refractivity contribution is 8.27. The van der Waals surface area contributed by atoms with E-state index in [1.165, 1.54) is 30.3 Å². The van der Waals surface area contributed by atoms with E-state index >= 15 is 0 Å². The summed E-state index contributed by atoms with van der Waals surface area (Å²) >= 11 is 6.78. The third-order valence-electron chi connectivity index (χ3n) is 5.07. The molecule has 0 bridgehead atoms. The van der Waals surface area contributed by atoms with Crippen molar-refractivity contribution in [3.8, 4) is 11.5 Å². The highest BCUT2D eigenvalue weighted by Gasteiger charge is 2.34. The van der Waals surface area contributed by atoms with Gasteiger partial charge in [0.2, 0.25) is 6.79 Å². The Bertz CT molecular complexity index is 982. The van der Waals surface area contributed by atoms with E-state index in [4.69, 9.17) is 21.7 Å². The second-order valence-corrected chi connectivity index (χ2v) is 8.52. The summed E-state index contributed by atoms with van der Waals surface area (Å²) in [5.41, 5.74) is 2.93. The van der Waals surface area contributed by atoms with Crippen molar-refractivity contribution >= 4 is 51.7 Å². The molecule has 5 rings (SSSR count). The van der Waals surface area contributed by atoms with Crippen LogP contribution in [0.1, 0.15) is 18.4 Å². The van der Waals surface area contributed by atoms with Gasteiger partial charge in [-0.2, -0.15) is 0 Å². The van der Waals surface area contributed by atoms with Crippen LogP contribution in [0.15, 0.2) is 47.4 Å². The number of amides is 1. The number of thiocarbonyl (C=S) groups is 1. The Morgan fingerprint density at radius 2 is 1.68 bits per heavy atom. The van der Waals surface area contributed by atoms with Crippen LogP contribution in [0.25, 0.3) is 6.08 Å². The fraction of sp³-hybridized carbons (Fsp3) is 0.238. The minimum Gasteiger partial charge on any atom is -0.454 e. The van der Waals surface area contributed by atoms with Crippen molar-refractivity contribution in [1.29, 1.82) is 0 Å². The Morgan fingerprint density at radius 1 is 0.964 bits per heavy atom. The van der Waals surface area contributed by atoms with Crippen molar-refractivity contribution in [1.82, 2.24) is 0 Å². The van der Waals surface area contributed by atoms with Gasteiger partial charge in [-0.25, -0.2) is 0 Å². The maximum Gasteiger partial charge on any atom is 0.270 e. The van der Waals surface area contributed by atoms with Crippen LogP contribution in [-0.2, 0) is 4.79 Å². The Morgan fingerprint density at radius 3 is 2.46 bits per heavy atom. The first-order valence-corrected chi connectivity index (χ1v) is 10.4. The number of hydrogen-bond donors (Lipinski definition) is 0. The Labute approximate surface area is 172 Å². The van der Waals surface area contributed by atoms with Crippen molar-refractivity contribution < 1.29 is 14.3 Å². The summed E-state index contributed by atoms with van der Waals surface area (Å²) in [6, 6.07) is 13.8. The second-order valence-electron chi connectivity index (χ2n) is 6.84. The average Bonchev–Trinajstić information content (AvgIpc) is 3.44. The van der Waals surface area contributed by atoms with Gasteiger partial charge in [0, 0.05) is 24.8 Å². The molecule has 0 saturated carbocycles. The molecule has 0 radical (unpaired) electrons. The topological polar surface area (TPSA) is 42.0 Å². The number of fused-ring (bicyclic) bond motifs is 1. The quantitative estimate of drug-likeness (QED) is 0.551. The molecular formula is C21H18N2O3S2. The van der Waals surface area contributed by atoms with Crippen LogP contribution in [-0.4, -0.2) is 30.1 Å². The molecule has 1 amide bonds. The Kier molecular flexibility index (Phi) is 4.49. The fourth-order valence-corrected chi connectivity index (χ4v) is 4.92. The molecule has 2 aromatic carbocycles. The highest BCUT2D eigenvalue weighted by atomic mass is 32.2. The molecule has 2 saturated heterocycles. The number of benzene rings is 2. The fourth-order valence-electron chi connectivity index (χ4n) is 3.62. The lowest BCUT2D eigenvalue weighted by Gasteiger charge is -2.17. The summed E-state index contributed by atoms with van der Waals surface area (Å²) in [5, 5.41) is 0. The van der Waals surface area contributed by atoms with Crippen molar-refractivity contribution in [3.05, 3.63) is 52.9 Å². The number of ether oxygens (including phenoxy) is 2. The first-order valence-electron chi connectivity index (χ1n) is 9.22. The van der Waals surface area contributed by atoms with Gasteiger partial charge in [-0.15, -0.1) is 0 Å². The van der Waals surface area contributed by atoms with E-state index in [2.05, 4.69) is 29.2 Å². The number of rotatable bonds is 3. The standard InChI is InChI=1S/C21H18N2O3S2/c24-20-19(11-14-3-5-15(6-4-14)22-9-1-2-10-22)28-21(27)23(20)16-7-8-17-18(12-16)26-13-25-17/h3-8,11-12H,1-2,9-10,13H2/b19-11+. The van der Waals surface area contributed by atoms with Crippen LogP contribution in [0.3, 0.4) is 0 Å². The van der Waals surface area contributed by atoms with Crippen molar-refractivity contribution in [2.45, 2.75) is 12.8 Å². The van der Waals surface area contributed by atoms with E-state index in [1.54, 1.807) is 17.0 Å². The molecule has 3 aliphatic heterocycles. The number of carbonyl (C=O) groups is 1. The Balaban J connectivity index is 1.38. The van der Waals surface area contributed by atoms with E-state index < -0.39 is 0 Å². The van der Waals surface area contributed by atoms with Gasteiger partial charge in [0.05, 0.1) is 10.6 Å². The van der Waals surface area contributed by atoms with Crippen LogP contribution in [0.2, 0.25) is 0 Å². The molecule has 0 N–H and O–H groups in total. The number of anilines is 2. The molecule has 2 aromatic rings. The maximum atomic E-state index is 13.0. The van der Waals surface area contributed by atoms with Gasteiger partial charge in [-0.1, -0.05) is 36.1 Å². The van der Waals surface area contributed by atoms with Gasteiger partial charge >= 0.3 is 0 Å². The zero-order chi connectivity index (χ0) is 19.1. The van der Waals surface area contributed by atoms with Crippen LogP contribution >= 0.6 is 24.0 Å². The molecule has 3 aliphatic rings. The molecule has 0 aromatic heterocycles. The smallest absolute Gasteiger partial charge is 0.270 e. The highest BCUT2D eigenvalue weighted by Crippen LogP contribution is 2.40. The minimum atomic E-state index is -0.113. The molecule has 2 fully saturated rings. The zero-order valence-corrected chi connectivity index (χ0v) is 16.7. The summed E-state index contributed by atoms with van der Waals surface area (Å²) < 4.78 is 11.3. The predicted octanol–water partition coefficient (Wildman–Crippen LogP) is 4.42. The van der Waals surface area contributed by atoms with E-state index in [-0.39, 0.29) is 12.7 Å². The summed E-state index contributed by atoms with van der Waals surface area (Å²) in [4.78, 5) is 17.5. The number of thioether (sulfide) groups is 1. The van der Waals surface area contributed by atoms with E-state index in [9.17, 15) is 4.79 Å². The molecule has 28 heavy (non-hydrogen) atoms. The van der Waals surface area contributed by atoms with E-state index in [0.29, 0.717) is 26.4 Å². The molecule has 7 heteroatoms. The first kappa shape index (κ1) is 17.6. The van der Waals surface area contributed by atoms with Crippen LogP contribution in [0, 0.1) is 0 Å². The van der Waals surface area contributed by atoms with E-state index in [1.807, 2.05) is 12.1 Å². The number of nitrogens with zero attached hydrogens (tertiary/aromatic N) is 2. The maximum absolute atomic E-state index is 13.0. The summed E-state index contributed by atoms with van der Waals surface area (Å²) in [6.45, 7) is 2.44. The molecule has 0 atom stereocenters. The molecule has 0 aliphatic carbocycles. The Hall–Kier alpha value is -2.51. The molecule has 3 heterocycles. The average molecular weight is 411 g/mol. The van der Waals surface area contributed by atoms with Gasteiger partial charge in [0.25, 0.3) is 5.91 Å². The third kappa shape index (κ3) is 3.14. The van der Waals surface area contributed by atoms with Gasteiger partial charge in [0.1, 0.15) is 0 Å². The minimum absolute atomic E-state index is 0.113. The largest absolute Gasteiger partial charge is 0.454 e. The SMILES string of the molecule is O=C1/C(=C\c2ccc(N3CCCC3)cc2)SC(=S)N1c1ccc2c(c1)OCO2. The lowest BCUT2D eigenvalue weighted by atomic mass is 10.1. The molecule has 142 valence electrons. The number of hydrogen-bond acceptors (Lipinski definition) is 6. The normalized spacial score (nSPS) is 19.9. The lowest BCUT2D eigenvalue weighted by molar-refractivity contribution is -0.113. The lowest BCUT2D eigenvalue weighted by Crippen LogP contribution is -2.27. The van der Waals surface area contributed by atoms with Gasteiger partial charge in [-0.05, 0) is 48.7 Å². The molecule has 5 nitrogen and oxygen atoms in total. The van der Waals surface area contributed by atoms with Crippen LogP contribution < -0.4 is 19.3 Å². The summed E-state index contributed by atoms with van der Waals surface area (Å²) in [6.07, 6.45) is 4.41. The first-order chi connectivity index (χ1) is 13.7.